The van der Waals surface area contributed by atoms with E-state index < -0.39 is 29.0 Å². The molecule has 1 aromatic carbocycles. The molecule has 1 aromatic heterocycles. The Hall–Kier alpha value is -2.08. The van der Waals surface area contributed by atoms with E-state index >= 15 is 0 Å². The van der Waals surface area contributed by atoms with Crippen molar-refractivity contribution in [2.24, 2.45) is 5.92 Å². The summed E-state index contributed by atoms with van der Waals surface area (Å²) < 4.78 is 27.9. The van der Waals surface area contributed by atoms with E-state index in [1.54, 1.807) is 11.3 Å². The zero-order valence-corrected chi connectivity index (χ0v) is 13.5. The molecular weight excluding hydrogens is 320 g/mol. The lowest BCUT2D eigenvalue weighted by molar-refractivity contribution is -0.117. The number of nitrogens with one attached hydrogen (secondary N) is 1. The zero-order valence-electron chi connectivity index (χ0n) is 12.7. The Bertz CT molecular complexity index is 777. The normalized spacial score (nSPS) is 19.5. The van der Waals surface area contributed by atoms with Crippen LogP contribution >= 0.6 is 11.3 Å². The number of amides is 1. The van der Waals surface area contributed by atoms with E-state index in [4.69, 9.17) is 0 Å². The molecule has 1 fully saturated rings. The second-order valence-electron chi connectivity index (χ2n) is 5.78. The highest BCUT2D eigenvalue weighted by molar-refractivity contribution is 7.10. The second kappa shape index (κ2) is 5.85. The van der Waals surface area contributed by atoms with Gasteiger partial charge in [0.15, 0.2) is 5.78 Å². The van der Waals surface area contributed by atoms with Gasteiger partial charge in [0.2, 0.25) is 5.91 Å². The molecule has 0 unspecified atom stereocenters. The Kier molecular flexibility index (Phi) is 4.02. The summed E-state index contributed by atoms with van der Waals surface area (Å²) in [6.45, 7) is 3.21. The molecule has 1 N–H and O–H groups in total. The van der Waals surface area contributed by atoms with Crippen LogP contribution in [-0.4, -0.2) is 11.7 Å². The van der Waals surface area contributed by atoms with Gasteiger partial charge in [-0.15, -0.1) is 11.3 Å². The zero-order chi connectivity index (χ0) is 16.7. The monoisotopic (exact) mass is 335 g/mol. The highest BCUT2D eigenvalue weighted by Crippen LogP contribution is 2.50. The molecule has 120 valence electrons. The minimum atomic E-state index is -0.937. The van der Waals surface area contributed by atoms with E-state index in [0.29, 0.717) is 6.42 Å². The number of rotatable bonds is 4. The Morgan fingerprint density at radius 2 is 1.91 bits per heavy atom. The van der Waals surface area contributed by atoms with Gasteiger partial charge in [0.25, 0.3) is 0 Å². The number of hydrogen-bond donors (Lipinski definition) is 1. The van der Waals surface area contributed by atoms with E-state index in [1.807, 2.05) is 18.4 Å². The molecule has 0 bridgehead atoms. The van der Waals surface area contributed by atoms with Crippen molar-refractivity contribution < 1.29 is 18.4 Å². The number of carbonyl (C=O) groups is 2. The Balaban J connectivity index is 1.75. The number of carbonyl (C=O) groups excluding carboxylic acids is 2. The number of aryl methyl sites for hydroxylation is 1. The molecule has 2 atom stereocenters. The summed E-state index contributed by atoms with van der Waals surface area (Å²) in [4.78, 5) is 24.5. The Morgan fingerprint density at radius 1 is 1.26 bits per heavy atom. The SMILES string of the molecule is CC(=O)c1cc(F)c(NC(=O)[C@@H]2C[C@@H]2c2sccc2C)c(F)c1. The van der Waals surface area contributed by atoms with Crippen LogP contribution in [0.3, 0.4) is 0 Å². The molecule has 1 aliphatic rings. The fraction of sp³-hybridized carbons (Fsp3) is 0.294. The molecule has 3 rings (SSSR count). The summed E-state index contributed by atoms with van der Waals surface area (Å²) in [7, 11) is 0. The molecule has 0 saturated heterocycles. The predicted octanol–water partition coefficient (Wildman–Crippen LogP) is 4.28. The largest absolute Gasteiger partial charge is 0.321 e. The number of thiophene rings is 1. The lowest BCUT2D eigenvalue weighted by Crippen LogP contribution is -2.17. The van der Waals surface area contributed by atoms with Crippen LogP contribution in [0.5, 0.6) is 0 Å². The number of ketones is 1. The van der Waals surface area contributed by atoms with Gasteiger partial charge in [0.05, 0.1) is 0 Å². The Morgan fingerprint density at radius 3 is 2.43 bits per heavy atom. The Labute approximate surface area is 136 Å². The number of halogens is 2. The van der Waals surface area contributed by atoms with Crippen LogP contribution in [0.1, 0.15) is 40.1 Å². The van der Waals surface area contributed by atoms with E-state index in [-0.39, 0.29) is 17.4 Å². The standard InChI is InChI=1S/C17H15F2NO2S/c1-8-3-4-23-16(8)11-7-12(11)17(22)20-15-13(18)5-10(9(2)21)6-14(15)19/h3-6,11-12H,7H2,1-2H3,(H,20,22)/t11-,12+/m0/s1. The maximum atomic E-state index is 13.9. The highest BCUT2D eigenvalue weighted by atomic mass is 32.1. The van der Waals surface area contributed by atoms with Gasteiger partial charge in [0, 0.05) is 22.3 Å². The van der Waals surface area contributed by atoms with Gasteiger partial charge in [-0.3, -0.25) is 9.59 Å². The fourth-order valence-corrected chi connectivity index (χ4v) is 3.76. The van der Waals surface area contributed by atoms with Crippen LogP contribution in [0.2, 0.25) is 0 Å². The van der Waals surface area contributed by atoms with Crippen molar-refractivity contribution in [3.63, 3.8) is 0 Å². The number of hydrogen-bond acceptors (Lipinski definition) is 3. The van der Waals surface area contributed by atoms with Crippen molar-refractivity contribution in [3.05, 3.63) is 51.2 Å². The van der Waals surface area contributed by atoms with E-state index in [2.05, 4.69) is 5.32 Å². The van der Waals surface area contributed by atoms with Crippen molar-refractivity contribution in [2.75, 3.05) is 5.32 Å². The van der Waals surface area contributed by atoms with Crippen molar-refractivity contribution in [3.8, 4) is 0 Å². The van der Waals surface area contributed by atoms with Gasteiger partial charge in [-0.1, -0.05) is 0 Å². The van der Waals surface area contributed by atoms with Crippen LogP contribution < -0.4 is 5.32 Å². The first-order chi connectivity index (χ1) is 10.9. The first-order valence-corrected chi connectivity index (χ1v) is 8.11. The van der Waals surface area contributed by atoms with Crippen LogP contribution in [-0.2, 0) is 4.79 Å². The molecule has 0 radical (unpaired) electrons. The number of Topliss-reactive ketones (excluding diaryl/α,β-unsaturated/α-hetero) is 1. The maximum Gasteiger partial charge on any atom is 0.228 e. The third kappa shape index (κ3) is 3.03. The molecule has 6 heteroatoms. The molecule has 0 aliphatic heterocycles. The molecular formula is C17H15F2NO2S. The number of anilines is 1. The van der Waals surface area contributed by atoms with Crippen LogP contribution in [0, 0.1) is 24.5 Å². The molecule has 1 aliphatic carbocycles. The van der Waals surface area contributed by atoms with Gasteiger partial charge >= 0.3 is 0 Å². The minimum Gasteiger partial charge on any atom is -0.321 e. The summed E-state index contributed by atoms with van der Waals surface area (Å²) in [6.07, 6.45) is 0.682. The third-order valence-corrected chi connectivity index (χ3v) is 5.21. The van der Waals surface area contributed by atoms with Crippen molar-refractivity contribution in [2.45, 2.75) is 26.2 Å². The first kappa shape index (κ1) is 15.8. The highest BCUT2D eigenvalue weighted by Gasteiger charge is 2.45. The van der Waals surface area contributed by atoms with E-state index in [1.165, 1.54) is 6.92 Å². The van der Waals surface area contributed by atoms with Gasteiger partial charge in [-0.25, -0.2) is 8.78 Å². The lowest BCUT2D eigenvalue weighted by Gasteiger charge is -2.09. The summed E-state index contributed by atoms with van der Waals surface area (Å²) in [5.74, 6) is -2.84. The summed E-state index contributed by atoms with van der Waals surface area (Å²) in [5.41, 5.74) is 0.587. The fourth-order valence-electron chi connectivity index (χ4n) is 2.65. The molecule has 0 spiro atoms. The molecule has 1 amide bonds. The van der Waals surface area contributed by atoms with Gasteiger partial charge in [-0.05, 0) is 49.4 Å². The van der Waals surface area contributed by atoms with Crippen molar-refractivity contribution in [1.82, 2.24) is 0 Å². The third-order valence-electron chi connectivity index (χ3n) is 4.06. The summed E-state index contributed by atoms with van der Waals surface area (Å²) in [6, 6.07) is 3.87. The quantitative estimate of drug-likeness (QED) is 0.848. The van der Waals surface area contributed by atoms with Gasteiger partial charge in [-0.2, -0.15) is 0 Å². The second-order valence-corrected chi connectivity index (χ2v) is 6.72. The first-order valence-electron chi connectivity index (χ1n) is 7.23. The van der Waals surface area contributed by atoms with Crippen molar-refractivity contribution in [1.29, 1.82) is 0 Å². The molecule has 1 saturated carbocycles. The summed E-state index contributed by atoms with van der Waals surface area (Å²) in [5, 5.41) is 4.29. The molecule has 3 nitrogen and oxygen atoms in total. The smallest absolute Gasteiger partial charge is 0.228 e. The predicted molar refractivity (Wildman–Crippen MR) is 84.9 cm³/mol. The summed E-state index contributed by atoms with van der Waals surface area (Å²) >= 11 is 1.59. The van der Waals surface area contributed by atoms with E-state index in [0.717, 1.165) is 22.6 Å². The van der Waals surface area contributed by atoms with Crippen LogP contribution in [0.4, 0.5) is 14.5 Å². The average molecular weight is 335 g/mol. The average Bonchev–Trinajstić information content (AvgIpc) is 3.17. The molecule has 2 aromatic rings. The molecule has 1 heterocycles. The minimum absolute atomic E-state index is 0.0588. The van der Waals surface area contributed by atoms with Gasteiger partial charge in [0.1, 0.15) is 17.3 Å². The molecule has 23 heavy (non-hydrogen) atoms. The lowest BCUT2D eigenvalue weighted by atomic mass is 10.1. The van der Waals surface area contributed by atoms with Crippen LogP contribution in [0.25, 0.3) is 0 Å². The van der Waals surface area contributed by atoms with Crippen molar-refractivity contribution >= 4 is 28.7 Å². The van der Waals surface area contributed by atoms with E-state index in [9.17, 15) is 18.4 Å². The maximum absolute atomic E-state index is 13.9. The number of benzene rings is 1. The topological polar surface area (TPSA) is 46.2 Å². The van der Waals surface area contributed by atoms with Crippen LogP contribution in [0.15, 0.2) is 23.6 Å². The van der Waals surface area contributed by atoms with Gasteiger partial charge < -0.3 is 5.32 Å².